The van der Waals surface area contributed by atoms with Crippen molar-refractivity contribution in [1.29, 1.82) is 0 Å². The molecule has 13 heteroatoms. The number of rotatable bonds is 9. The molecule has 5 aromatic rings. The Kier molecular flexibility index (Phi) is 7.28. The Morgan fingerprint density at radius 1 is 1.10 bits per heavy atom. The highest BCUT2D eigenvalue weighted by Crippen LogP contribution is 2.29. The third-order valence-corrected chi connectivity index (χ3v) is 7.84. The van der Waals surface area contributed by atoms with Gasteiger partial charge in [-0.25, -0.2) is 18.1 Å². The fraction of sp³-hybridized carbons (Fsp3) is 0.154. The molecule has 0 radical (unpaired) electrons. The zero-order chi connectivity index (χ0) is 27.6. The molecule has 3 N–H and O–H groups in total. The minimum absolute atomic E-state index is 0.102. The minimum atomic E-state index is -3.40. The first kappa shape index (κ1) is 26.3. The number of hydrogen-bond acceptors (Lipinski definition) is 7. The second kappa shape index (κ2) is 10.8. The molecule has 0 fully saturated rings. The van der Waals surface area contributed by atoms with Crippen LogP contribution in [0.2, 0.25) is 0 Å². The molecule has 0 saturated carbocycles. The van der Waals surface area contributed by atoms with E-state index in [9.17, 15) is 18.0 Å². The normalized spacial score (nSPS) is 11.5. The lowest BCUT2D eigenvalue weighted by Gasteiger charge is -2.17. The SMILES string of the molecule is CN(C(=O)c1ccccc1)c1ccc2c(c1)nc(NC(=O)c1ccc(-c3cn[nH]c3)s1)n2CCNS(C)(=O)=O. The van der Waals surface area contributed by atoms with Crippen LogP contribution in [-0.2, 0) is 16.6 Å². The summed E-state index contributed by atoms with van der Waals surface area (Å²) in [6.07, 6.45) is 4.51. The number of amides is 2. The summed E-state index contributed by atoms with van der Waals surface area (Å²) in [7, 11) is -1.72. The smallest absolute Gasteiger partial charge is 0.268 e. The van der Waals surface area contributed by atoms with Crippen molar-refractivity contribution in [3.8, 4) is 10.4 Å². The Balaban J connectivity index is 1.45. The number of fused-ring (bicyclic) bond motifs is 1. The molecule has 0 aliphatic heterocycles. The van der Waals surface area contributed by atoms with Crippen LogP contribution >= 0.6 is 11.3 Å². The molecule has 0 saturated heterocycles. The topological polar surface area (TPSA) is 142 Å². The molecule has 0 aliphatic rings. The second-order valence-corrected chi connectivity index (χ2v) is 11.7. The molecular formula is C26H25N7O4S2. The standard InChI is InChI=1S/C26H25N7O4S2/c1-32(25(35)17-6-4-3-5-7-17)19-8-9-21-20(14-19)30-26(33(21)13-12-29-39(2,36)37)31-24(34)23-11-10-22(38-23)18-15-27-28-16-18/h3-11,14-16,29H,12-13H2,1-2H3,(H,27,28)(H,30,31,34). The second-order valence-electron chi connectivity index (χ2n) is 8.76. The number of nitrogens with one attached hydrogen (secondary N) is 3. The Morgan fingerprint density at radius 3 is 2.62 bits per heavy atom. The first-order valence-corrected chi connectivity index (χ1v) is 14.6. The quantitative estimate of drug-likeness (QED) is 0.250. The summed E-state index contributed by atoms with van der Waals surface area (Å²) < 4.78 is 27.5. The molecule has 0 unspecified atom stereocenters. The molecule has 5 rings (SSSR count). The van der Waals surface area contributed by atoms with Gasteiger partial charge in [-0.3, -0.25) is 20.0 Å². The van der Waals surface area contributed by atoms with Crippen LogP contribution in [-0.4, -0.2) is 59.8 Å². The van der Waals surface area contributed by atoms with Crippen LogP contribution in [0.15, 0.2) is 73.1 Å². The van der Waals surface area contributed by atoms with Crippen LogP contribution in [0.5, 0.6) is 0 Å². The third-order valence-electron chi connectivity index (χ3n) is 5.98. The van der Waals surface area contributed by atoms with Crippen LogP contribution in [0, 0.1) is 0 Å². The minimum Gasteiger partial charge on any atom is -0.311 e. The van der Waals surface area contributed by atoms with Crippen LogP contribution in [0.25, 0.3) is 21.5 Å². The van der Waals surface area contributed by atoms with E-state index in [2.05, 4.69) is 25.2 Å². The summed E-state index contributed by atoms with van der Waals surface area (Å²) in [5.74, 6) is -0.261. The molecule has 2 amide bonds. The number of carbonyl (C=O) groups is 2. The van der Waals surface area contributed by atoms with Gasteiger partial charge in [0.1, 0.15) is 0 Å². The number of hydrogen-bond donors (Lipinski definition) is 3. The predicted molar refractivity (Wildman–Crippen MR) is 152 cm³/mol. The summed E-state index contributed by atoms with van der Waals surface area (Å²) in [5.41, 5.74) is 3.27. The molecule has 3 aromatic heterocycles. The fourth-order valence-electron chi connectivity index (χ4n) is 4.05. The highest BCUT2D eigenvalue weighted by atomic mass is 32.2. The number of H-pyrrole nitrogens is 1. The van der Waals surface area contributed by atoms with Gasteiger partial charge in [-0.15, -0.1) is 11.3 Å². The average molecular weight is 564 g/mol. The molecule has 0 aliphatic carbocycles. The monoisotopic (exact) mass is 563 g/mol. The van der Waals surface area contributed by atoms with Gasteiger partial charge in [-0.1, -0.05) is 18.2 Å². The third kappa shape index (κ3) is 5.90. The zero-order valence-electron chi connectivity index (χ0n) is 21.1. The van der Waals surface area contributed by atoms with Gasteiger partial charge >= 0.3 is 0 Å². The Hall–Kier alpha value is -4.33. The predicted octanol–water partition coefficient (Wildman–Crippen LogP) is 3.57. The summed E-state index contributed by atoms with van der Waals surface area (Å²) in [6, 6.07) is 17.9. The Labute approximate surface area is 228 Å². The van der Waals surface area contributed by atoms with E-state index >= 15 is 0 Å². The summed E-state index contributed by atoms with van der Waals surface area (Å²) in [4.78, 5) is 33.6. The molecular weight excluding hydrogens is 538 g/mol. The van der Waals surface area contributed by atoms with E-state index in [0.29, 0.717) is 27.2 Å². The van der Waals surface area contributed by atoms with Crippen molar-refractivity contribution in [2.75, 3.05) is 30.1 Å². The van der Waals surface area contributed by atoms with Gasteiger partial charge in [-0.05, 0) is 42.5 Å². The van der Waals surface area contributed by atoms with Crippen molar-refractivity contribution in [3.05, 3.63) is 83.5 Å². The maximum Gasteiger partial charge on any atom is 0.268 e. The van der Waals surface area contributed by atoms with Crippen LogP contribution in [0.3, 0.4) is 0 Å². The van der Waals surface area contributed by atoms with Gasteiger partial charge in [0, 0.05) is 48.0 Å². The lowest BCUT2D eigenvalue weighted by atomic mass is 10.2. The van der Waals surface area contributed by atoms with Crippen molar-refractivity contribution in [3.63, 3.8) is 0 Å². The maximum absolute atomic E-state index is 13.1. The molecule has 0 spiro atoms. The van der Waals surface area contributed by atoms with E-state index in [1.165, 1.54) is 16.2 Å². The fourth-order valence-corrected chi connectivity index (χ4v) is 5.39. The summed E-state index contributed by atoms with van der Waals surface area (Å²) in [6.45, 7) is 0.326. The molecule has 0 bridgehead atoms. The largest absolute Gasteiger partial charge is 0.311 e. The van der Waals surface area contributed by atoms with Gasteiger partial charge in [0.2, 0.25) is 16.0 Å². The lowest BCUT2D eigenvalue weighted by Crippen LogP contribution is -2.27. The molecule has 2 aromatic carbocycles. The van der Waals surface area contributed by atoms with E-state index in [-0.39, 0.29) is 30.9 Å². The number of imidazole rings is 1. The van der Waals surface area contributed by atoms with E-state index in [1.54, 1.807) is 72.5 Å². The van der Waals surface area contributed by atoms with Gasteiger partial charge in [0.15, 0.2) is 0 Å². The van der Waals surface area contributed by atoms with Gasteiger partial charge < -0.3 is 9.47 Å². The van der Waals surface area contributed by atoms with Gasteiger partial charge in [0.05, 0.1) is 28.4 Å². The molecule has 200 valence electrons. The molecule has 3 heterocycles. The van der Waals surface area contributed by atoms with Crippen LogP contribution in [0.1, 0.15) is 20.0 Å². The van der Waals surface area contributed by atoms with Gasteiger partial charge in [0.25, 0.3) is 11.8 Å². The Bertz CT molecular complexity index is 1740. The maximum atomic E-state index is 13.1. The summed E-state index contributed by atoms with van der Waals surface area (Å²) >= 11 is 1.31. The van der Waals surface area contributed by atoms with Crippen molar-refractivity contribution in [2.45, 2.75) is 6.54 Å². The van der Waals surface area contributed by atoms with E-state index < -0.39 is 10.0 Å². The van der Waals surface area contributed by atoms with Crippen molar-refractivity contribution in [2.24, 2.45) is 0 Å². The number of nitrogens with zero attached hydrogens (tertiary/aromatic N) is 4. The number of thiophene rings is 1. The number of sulfonamides is 1. The first-order valence-electron chi connectivity index (χ1n) is 11.9. The number of anilines is 2. The number of benzene rings is 2. The van der Waals surface area contributed by atoms with E-state index in [1.807, 2.05) is 12.1 Å². The zero-order valence-corrected chi connectivity index (χ0v) is 22.7. The molecule has 0 atom stereocenters. The molecule has 39 heavy (non-hydrogen) atoms. The highest BCUT2D eigenvalue weighted by Gasteiger charge is 2.19. The van der Waals surface area contributed by atoms with Crippen LogP contribution in [0.4, 0.5) is 11.6 Å². The number of carbonyl (C=O) groups excluding carboxylic acids is 2. The first-order chi connectivity index (χ1) is 18.7. The van der Waals surface area contributed by atoms with Gasteiger partial charge in [-0.2, -0.15) is 5.10 Å². The van der Waals surface area contributed by atoms with Crippen molar-refractivity contribution >= 4 is 55.8 Å². The van der Waals surface area contributed by atoms with Crippen LogP contribution < -0.4 is 14.9 Å². The highest BCUT2D eigenvalue weighted by molar-refractivity contribution is 7.88. The van der Waals surface area contributed by atoms with E-state index in [4.69, 9.17) is 0 Å². The summed E-state index contributed by atoms with van der Waals surface area (Å²) in [5, 5.41) is 9.56. The van der Waals surface area contributed by atoms with Crippen molar-refractivity contribution < 1.29 is 18.0 Å². The van der Waals surface area contributed by atoms with E-state index in [0.717, 1.165) is 16.7 Å². The van der Waals surface area contributed by atoms with Crippen molar-refractivity contribution in [1.82, 2.24) is 24.5 Å². The average Bonchev–Trinajstić information content (AvgIpc) is 3.68. The Morgan fingerprint density at radius 2 is 1.90 bits per heavy atom. The lowest BCUT2D eigenvalue weighted by molar-refractivity contribution is 0.0991. The number of aromatic amines is 1. The number of aromatic nitrogens is 4. The molecule has 11 nitrogen and oxygen atoms in total.